The Morgan fingerprint density at radius 3 is 2.45 bits per heavy atom. The number of carboxylic acids is 1. The standard InChI is InChI=1S/C22H24N2O6S/c25-16-6-4-13(5-7-16)8-19(31)21(28)23-11-20(27)24-12-15(10-18(24)22(29)30)14-2-1-3-17(26)9-14/h1-7,9,15,18-19,25-26,31H,8,10-12H2,(H,23,28)(H,29,30)/t15-,18+,19-/m1/s1. The molecule has 9 heteroatoms. The van der Waals surface area contributed by atoms with Gasteiger partial charge in [0, 0.05) is 12.5 Å². The van der Waals surface area contributed by atoms with E-state index in [2.05, 4.69) is 17.9 Å². The molecule has 0 radical (unpaired) electrons. The Hall–Kier alpha value is -3.20. The first kappa shape index (κ1) is 22.5. The molecule has 1 heterocycles. The second kappa shape index (κ2) is 9.74. The molecule has 4 N–H and O–H groups in total. The number of benzene rings is 2. The van der Waals surface area contributed by atoms with E-state index in [-0.39, 0.29) is 36.9 Å². The SMILES string of the molecule is O=C(NCC(=O)N1C[C@H](c2cccc(O)c2)C[C@H]1C(=O)O)[C@H](S)Cc1ccc(O)cc1. The molecule has 3 rings (SSSR count). The molecule has 2 aromatic rings. The Bertz CT molecular complexity index is 965. The molecule has 164 valence electrons. The molecule has 3 atom stereocenters. The van der Waals surface area contributed by atoms with Gasteiger partial charge in [0.05, 0.1) is 11.8 Å². The number of hydrogen-bond acceptors (Lipinski definition) is 6. The van der Waals surface area contributed by atoms with Crippen LogP contribution < -0.4 is 5.32 Å². The molecular weight excluding hydrogens is 420 g/mol. The molecule has 2 aromatic carbocycles. The average molecular weight is 445 g/mol. The fourth-order valence-electron chi connectivity index (χ4n) is 3.70. The maximum absolute atomic E-state index is 12.7. The van der Waals surface area contributed by atoms with Crippen molar-refractivity contribution in [3.05, 3.63) is 59.7 Å². The van der Waals surface area contributed by atoms with Crippen LogP contribution in [0.1, 0.15) is 23.5 Å². The normalized spacial score (nSPS) is 19.1. The van der Waals surface area contributed by atoms with Gasteiger partial charge in [-0.05, 0) is 48.2 Å². The van der Waals surface area contributed by atoms with E-state index in [1.165, 1.54) is 23.1 Å². The van der Waals surface area contributed by atoms with E-state index < -0.39 is 29.1 Å². The number of carbonyl (C=O) groups excluding carboxylic acids is 2. The number of phenols is 2. The summed E-state index contributed by atoms with van der Waals surface area (Å²) in [6.45, 7) is -0.144. The monoisotopic (exact) mass is 444 g/mol. The lowest BCUT2D eigenvalue weighted by atomic mass is 9.96. The van der Waals surface area contributed by atoms with Crippen LogP contribution in [-0.4, -0.2) is 62.4 Å². The zero-order chi connectivity index (χ0) is 22.5. The molecule has 1 aliphatic rings. The molecule has 1 aliphatic heterocycles. The highest BCUT2D eigenvalue weighted by Gasteiger charge is 2.40. The number of carboxylic acid groups (broad SMARTS) is 1. The van der Waals surface area contributed by atoms with E-state index in [1.54, 1.807) is 30.3 Å². The van der Waals surface area contributed by atoms with Gasteiger partial charge >= 0.3 is 5.97 Å². The summed E-state index contributed by atoms with van der Waals surface area (Å²) in [5.74, 6) is -2.07. The summed E-state index contributed by atoms with van der Waals surface area (Å²) in [6.07, 6.45) is 0.541. The lowest BCUT2D eigenvalue weighted by molar-refractivity contribution is -0.148. The number of amides is 2. The molecular formula is C22H24N2O6S. The van der Waals surface area contributed by atoms with Crippen LogP contribution in [0.25, 0.3) is 0 Å². The maximum Gasteiger partial charge on any atom is 0.326 e. The number of nitrogens with one attached hydrogen (secondary N) is 1. The molecule has 0 unspecified atom stereocenters. The average Bonchev–Trinajstić information content (AvgIpc) is 3.19. The lowest BCUT2D eigenvalue weighted by Gasteiger charge is -2.22. The first-order valence-electron chi connectivity index (χ1n) is 9.79. The van der Waals surface area contributed by atoms with Gasteiger partial charge in [0.25, 0.3) is 0 Å². The van der Waals surface area contributed by atoms with Crippen molar-refractivity contribution in [2.45, 2.75) is 30.1 Å². The van der Waals surface area contributed by atoms with Crippen LogP contribution >= 0.6 is 12.6 Å². The number of aliphatic carboxylic acids is 1. The molecule has 0 saturated carbocycles. The van der Waals surface area contributed by atoms with Gasteiger partial charge in [-0.2, -0.15) is 12.6 Å². The Balaban J connectivity index is 1.58. The summed E-state index contributed by atoms with van der Waals surface area (Å²) < 4.78 is 0. The number of rotatable bonds is 7. The quantitative estimate of drug-likeness (QED) is 0.412. The van der Waals surface area contributed by atoms with Crippen LogP contribution in [0.5, 0.6) is 11.5 Å². The first-order valence-corrected chi connectivity index (χ1v) is 10.3. The number of thiol groups is 1. The highest BCUT2D eigenvalue weighted by Crippen LogP contribution is 2.33. The van der Waals surface area contributed by atoms with Gasteiger partial charge in [-0.3, -0.25) is 9.59 Å². The maximum atomic E-state index is 12.7. The van der Waals surface area contributed by atoms with Crippen LogP contribution in [-0.2, 0) is 20.8 Å². The summed E-state index contributed by atoms with van der Waals surface area (Å²) >= 11 is 4.28. The van der Waals surface area contributed by atoms with Crippen molar-refractivity contribution in [3.63, 3.8) is 0 Å². The zero-order valence-electron chi connectivity index (χ0n) is 16.6. The fourth-order valence-corrected chi connectivity index (χ4v) is 4.00. The number of aromatic hydroxyl groups is 2. The van der Waals surface area contributed by atoms with E-state index >= 15 is 0 Å². The lowest BCUT2D eigenvalue weighted by Crippen LogP contribution is -2.46. The number of carbonyl (C=O) groups is 3. The fraction of sp³-hybridized carbons (Fsp3) is 0.318. The third-order valence-electron chi connectivity index (χ3n) is 5.33. The summed E-state index contributed by atoms with van der Waals surface area (Å²) in [7, 11) is 0. The van der Waals surface area contributed by atoms with E-state index in [4.69, 9.17) is 0 Å². The van der Waals surface area contributed by atoms with E-state index in [9.17, 15) is 29.7 Å². The Labute approximate surface area is 184 Å². The van der Waals surface area contributed by atoms with Gasteiger partial charge in [0.2, 0.25) is 11.8 Å². The van der Waals surface area contributed by atoms with E-state index in [1.807, 2.05) is 0 Å². The van der Waals surface area contributed by atoms with Crippen LogP contribution in [0.15, 0.2) is 48.5 Å². The summed E-state index contributed by atoms with van der Waals surface area (Å²) in [5, 5.41) is 30.4. The first-order chi connectivity index (χ1) is 14.7. The van der Waals surface area contributed by atoms with Gasteiger partial charge in [0.15, 0.2) is 0 Å². The Kier molecular flexibility index (Phi) is 7.06. The second-order valence-electron chi connectivity index (χ2n) is 7.53. The molecule has 1 fully saturated rings. The summed E-state index contributed by atoms with van der Waals surface area (Å²) in [4.78, 5) is 37.9. The topological polar surface area (TPSA) is 127 Å². The molecule has 0 aromatic heterocycles. The van der Waals surface area contributed by atoms with E-state index in [0.717, 1.165) is 11.1 Å². The summed E-state index contributed by atoms with van der Waals surface area (Å²) in [6, 6.07) is 11.9. The van der Waals surface area contributed by atoms with Gasteiger partial charge in [-0.1, -0.05) is 24.3 Å². The van der Waals surface area contributed by atoms with Crippen molar-refractivity contribution < 1.29 is 29.7 Å². The van der Waals surface area contributed by atoms with Crippen molar-refractivity contribution in [2.24, 2.45) is 0 Å². The number of phenolic OH excluding ortho intramolecular Hbond substituents is 2. The third kappa shape index (κ3) is 5.69. The highest BCUT2D eigenvalue weighted by atomic mass is 32.1. The molecule has 1 saturated heterocycles. The molecule has 2 amide bonds. The van der Waals surface area contributed by atoms with Crippen molar-refractivity contribution in [1.82, 2.24) is 10.2 Å². The molecule has 31 heavy (non-hydrogen) atoms. The van der Waals surface area contributed by atoms with Gasteiger partial charge < -0.3 is 25.5 Å². The molecule has 0 bridgehead atoms. The number of hydrogen-bond donors (Lipinski definition) is 5. The smallest absolute Gasteiger partial charge is 0.326 e. The van der Waals surface area contributed by atoms with Crippen LogP contribution in [0, 0.1) is 0 Å². The Morgan fingerprint density at radius 2 is 1.81 bits per heavy atom. The van der Waals surface area contributed by atoms with Crippen molar-refractivity contribution in [3.8, 4) is 11.5 Å². The predicted octanol–water partition coefficient (Wildman–Crippen LogP) is 1.52. The molecule has 0 spiro atoms. The molecule has 0 aliphatic carbocycles. The summed E-state index contributed by atoms with van der Waals surface area (Å²) in [5.41, 5.74) is 1.56. The minimum atomic E-state index is -1.11. The van der Waals surface area contributed by atoms with Gasteiger partial charge in [-0.15, -0.1) is 0 Å². The van der Waals surface area contributed by atoms with Crippen LogP contribution in [0.3, 0.4) is 0 Å². The predicted molar refractivity (Wildman–Crippen MR) is 116 cm³/mol. The largest absolute Gasteiger partial charge is 0.508 e. The molecule has 8 nitrogen and oxygen atoms in total. The van der Waals surface area contributed by atoms with E-state index in [0.29, 0.717) is 6.42 Å². The van der Waals surface area contributed by atoms with Crippen LogP contribution in [0.2, 0.25) is 0 Å². The number of likely N-dealkylation sites (tertiary alicyclic amines) is 1. The zero-order valence-corrected chi connectivity index (χ0v) is 17.5. The van der Waals surface area contributed by atoms with Crippen LogP contribution in [0.4, 0.5) is 0 Å². The third-order valence-corrected chi connectivity index (χ3v) is 5.75. The minimum Gasteiger partial charge on any atom is -0.508 e. The van der Waals surface area contributed by atoms with Crippen molar-refractivity contribution in [1.29, 1.82) is 0 Å². The Morgan fingerprint density at radius 1 is 1.10 bits per heavy atom. The van der Waals surface area contributed by atoms with Crippen molar-refractivity contribution >= 4 is 30.4 Å². The van der Waals surface area contributed by atoms with Crippen molar-refractivity contribution in [2.75, 3.05) is 13.1 Å². The highest BCUT2D eigenvalue weighted by molar-refractivity contribution is 7.81. The van der Waals surface area contributed by atoms with Gasteiger partial charge in [-0.25, -0.2) is 4.79 Å². The minimum absolute atomic E-state index is 0.0786. The number of nitrogens with zero attached hydrogens (tertiary/aromatic N) is 1. The second-order valence-corrected chi connectivity index (χ2v) is 8.16. The van der Waals surface area contributed by atoms with Gasteiger partial charge in [0.1, 0.15) is 17.5 Å².